The quantitative estimate of drug-likeness (QED) is 0.814. The van der Waals surface area contributed by atoms with Crippen LogP contribution in [0.1, 0.15) is 18.4 Å². The zero-order valence-electron chi connectivity index (χ0n) is 12.7. The first-order chi connectivity index (χ1) is 10.6. The van der Waals surface area contributed by atoms with Crippen LogP contribution < -0.4 is 10.1 Å². The van der Waals surface area contributed by atoms with Gasteiger partial charge in [0.2, 0.25) is 0 Å². The van der Waals surface area contributed by atoms with Crippen molar-refractivity contribution in [3.63, 3.8) is 0 Å². The van der Waals surface area contributed by atoms with Crippen LogP contribution in [0.25, 0.3) is 0 Å². The zero-order chi connectivity index (χ0) is 15.9. The van der Waals surface area contributed by atoms with E-state index >= 15 is 0 Å². The minimum absolute atomic E-state index is 0.223. The molecule has 6 nitrogen and oxygen atoms in total. The van der Waals surface area contributed by atoms with Crippen molar-refractivity contribution < 1.29 is 19.4 Å². The number of carboxylic acid groups (broad SMARTS) is 1. The number of carboxylic acids is 1. The molecule has 1 aliphatic heterocycles. The van der Waals surface area contributed by atoms with Gasteiger partial charge >= 0.3 is 12.0 Å². The third-order valence-electron chi connectivity index (χ3n) is 3.69. The summed E-state index contributed by atoms with van der Waals surface area (Å²) in [5.41, 5.74) is 1.12. The first-order valence-corrected chi connectivity index (χ1v) is 7.51. The highest BCUT2D eigenvalue weighted by atomic mass is 16.5. The number of nitrogens with one attached hydrogen (secondary N) is 1. The van der Waals surface area contributed by atoms with Crippen LogP contribution in [0.4, 0.5) is 4.79 Å². The molecule has 0 bridgehead atoms. The highest BCUT2D eigenvalue weighted by Gasteiger charge is 2.27. The second-order valence-electron chi connectivity index (χ2n) is 5.52. The normalized spacial score (nSPS) is 17.9. The van der Waals surface area contributed by atoms with Crippen molar-refractivity contribution in [2.45, 2.75) is 19.8 Å². The van der Waals surface area contributed by atoms with Crippen molar-refractivity contribution in [1.29, 1.82) is 0 Å². The molecule has 2 N–H and O–H groups in total. The van der Waals surface area contributed by atoms with Gasteiger partial charge in [0.1, 0.15) is 12.4 Å². The van der Waals surface area contributed by atoms with E-state index in [-0.39, 0.29) is 12.6 Å². The van der Waals surface area contributed by atoms with Crippen molar-refractivity contribution >= 4 is 12.0 Å². The maximum Gasteiger partial charge on any atom is 0.317 e. The molecule has 1 atom stereocenters. The van der Waals surface area contributed by atoms with Gasteiger partial charge in [-0.05, 0) is 37.5 Å². The van der Waals surface area contributed by atoms with Gasteiger partial charge in [-0.2, -0.15) is 0 Å². The Kier molecular flexibility index (Phi) is 5.63. The summed E-state index contributed by atoms with van der Waals surface area (Å²) in [5, 5.41) is 11.8. The summed E-state index contributed by atoms with van der Waals surface area (Å²) in [7, 11) is 0. The lowest BCUT2D eigenvalue weighted by atomic mass is 9.99. The lowest BCUT2D eigenvalue weighted by molar-refractivity contribution is -0.143. The summed E-state index contributed by atoms with van der Waals surface area (Å²) in [6, 6.07) is 7.49. The van der Waals surface area contributed by atoms with Crippen molar-refractivity contribution in [1.82, 2.24) is 10.2 Å². The number of rotatable bonds is 5. The average Bonchev–Trinajstić information content (AvgIpc) is 2.51. The minimum atomic E-state index is -0.833. The number of hydrogen-bond donors (Lipinski definition) is 2. The van der Waals surface area contributed by atoms with Gasteiger partial charge in [-0.15, -0.1) is 0 Å². The third-order valence-corrected chi connectivity index (χ3v) is 3.69. The Morgan fingerprint density at radius 3 is 3.00 bits per heavy atom. The highest BCUT2D eigenvalue weighted by molar-refractivity contribution is 5.76. The number of carbonyl (C=O) groups is 2. The Morgan fingerprint density at radius 2 is 2.27 bits per heavy atom. The smallest absolute Gasteiger partial charge is 0.317 e. The van der Waals surface area contributed by atoms with Gasteiger partial charge in [0.25, 0.3) is 0 Å². The number of aryl methyl sites for hydroxylation is 1. The Hall–Kier alpha value is -2.24. The molecule has 1 saturated heterocycles. The number of piperidine rings is 1. The monoisotopic (exact) mass is 306 g/mol. The number of aliphatic carboxylic acids is 1. The summed E-state index contributed by atoms with van der Waals surface area (Å²) in [4.78, 5) is 24.6. The Balaban J connectivity index is 1.70. The molecular formula is C16H22N2O4. The summed E-state index contributed by atoms with van der Waals surface area (Å²) in [5.74, 6) is -0.513. The number of ether oxygens (including phenoxy) is 1. The van der Waals surface area contributed by atoms with E-state index in [1.54, 1.807) is 4.90 Å². The van der Waals surface area contributed by atoms with Crippen LogP contribution in [0, 0.1) is 12.8 Å². The lowest BCUT2D eigenvalue weighted by Gasteiger charge is -2.30. The van der Waals surface area contributed by atoms with Crippen LogP contribution in [-0.4, -0.2) is 48.2 Å². The maximum absolute atomic E-state index is 12.0. The predicted octanol–water partition coefficient (Wildman–Crippen LogP) is 1.88. The molecular weight excluding hydrogens is 284 g/mol. The molecule has 2 amide bonds. The molecule has 1 fully saturated rings. The Morgan fingerprint density at radius 1 is 1.45 bits per heavy atom. The number of nitrogens with zero attached hydrogens (tertiary/aromatic N) is 1. The first kappa shape index (κ1) is 16.1. The predicted molar refractivity (Wildman–Crippen MR) is 82.0 cm³/mol. The minimum Gasteiger partial charge on any atom is -0.492 e. The fraction of sp³-hybridized carbons (Fsp3) is 0.500. The molecule has 0 aromatic heterocycles. The first-order valence-electron chi connectivity index (χ1n) is 7.51. The molecule has 2 rings (SSSR count). The largest absolute Gasteiger partial charge is 0.492 e. The van der Waals surface area contributed by atoms with E-state index in [0.717, 1.165) is 17.7 Å². The van der Waals surface area contributed by atoms with E-state index in [9.17, 15) is 9.59 Å². The molecule has 1 unspecified atom stereocenters. The van der Waals surface area contributed by atoms with Gasteiger partial charge in [0, 0.05) is 13.1 Å². The number of urea groups is 1. The van der Waals surface area contributed by atoms with Crippen LogP contribution in [0.2, 0.25) is 0 Å². The highest BCUT2D eigenvalue weighted by Crippen LogP contribution is 2.16. The number of benzene rings is 1. The molecule has 6 heteroatoms. The maximum atomic E-state index is 12.0. The summed E-state index contributed by atoms with van der Waals surface area (Å²) < 4.78 is 5.56. The van der Waals surface area contributed by atoms with Gasteiger partial charge in [-0.3, -0.25) is 4.79 Å². The average molecular weight is 306 g/mol. The van der Waals surface area contributed by atoms with Crippen LogP contribution in [0.5, 0.6) is 5.75 Å². The number of amides is 2. The van der Waals surface area contributed by atoms with Crippen molar-refractivity contribution in [2.75, 3.05) is 26.2 Å². The molecule has 120 valence electrons. The second kappa shape index (κ2) is 7.68. The molecule has 0 radical (unpaired) electrons. The van der Waals surface area contributed by atoms with Gasteiger partial charge in [-0.25, -0.2) is 4.79 Å². The van der Waals surface area contributed by atoms with E-state index in [0.29, 0.717) is 26.1 Å². The molecule has 1 aromatic rings. The zero-order valence-corrected chi connectivity index (χ0v) is 12.7. The molecule has 1 aromatic carbocycles. The van der Waals surface area contributed by atoms with Crippen molar-refractivity contribution in [3.8, 4) is 5.75 Å². The molecule has 0 saturated carbocycles. The molecule has 1 heterocycles. The standard InChI is InChI=1S/C16H22N2O4/c1-12-4-2-6-14(10-12)22-9-7-17-16(21)18-8-3-5-13(11-18)15(19)20/h2,4,6,10,13H,3,5,7-9,11H2,1H3,(H,17,21)(H,19,20). The van der Waals surface area contributed by atoms with Gasteiger partial charge < -0.3 is 20.1 Å². The number of carbonyl (C=O) groups excluding carboxylic acids is 1. The fourth-order valence-corrected chi connectivity index (χ4v) is 2.51. The van der Waals surface area contributed by atoms with Gasteiger partial charge in [0.15, 0.2) is 0 Å². The van der Waals surface area contributed by atoms with E-state index in [2.05, 4.69) is 5.32 Å². The van der Waals surface area contributed by atoms with Crippen LogP contribution >= 0.6 is 0 Å². The molecule has 22 heavy (non-hydrogen) atoms. The molecule has 0 spiro atoms. The van der Waals surface area contributed by atoms with Crippen molar-refractivity contribution in [2.24, 2.45) is 5.92 Å². The Bertz CT molecular complexity index is 533. The molecule has 1 aliphatic rings. The van der Waals surface area contributed by atoms with Crippen LogP contribution in [-0.2, 0) is 4.79 Å². The summed E-state index contributed by atoms with van der Waals surface area (Å²) >= 11 is 0. The number of hydrogen-bond acceptors (Lipinski definition) is 3. The number of likely N-dealkylation sites (tertiary alicyclic amines) is 1. The SMILES string of the molecule is Cc1cccc(OCCNC(=O)N2CCCC(C(=O)O)C2)c1. The van der Waals surface area contributed by atoms with E-state index < -0.39 is 11.9 Å². The summed E-state index contributed by atoms with van der Waals surface area (Å²) in [6.07, 6.45) is 1.36. The van der Waals surface area contributed by atoms with E-state index in [1.165, 1.54) is 0 Å². The topological polar surface area (TPSA) is 78.9 Å². The van der Waals surface area contributed by atoms with E-state index in [4.69, 9.17) is 9.84 Å². The molecule has 0 aliphatic carbocycles. The Labute approximate surface area is 130 Å². The van der Waals surface area contributed by atoms with Crippen LogP contribution in [0.3, 0.4) is 0 Å². The van der Waals surface area contributed by atoms with Crippen molar-refractivity contribution in [3.05, 3.63) is 29.8 Å². The van der Waals surface area contributed by atoms with E-state index in [1.807, 2.05) is 31.2 Å². The fourth-order valence-electron chi connectivity index (χ4n) is 2.51. The third kappa shape index (κ3) is 4.65. The summed E-state index contributed by atoms with van der Waals surface area (Å²) in [6.45, 7) is 3.64. The lowest BCUT2D eigenvalue weighted by Crippen LogP contribution is -2.47. The van der Waals surface area contributed by atoms with Gasteiger partial charge in [0.05, 0.1) is 12.5 Å². The van der Waals surface area contributed by atoms with Gasteiger partial charge in [-0.1, -0.05) is 12.1 Å². The van der Waals surface area contributed by atoms with Crippen LogP contribution in [0.15, 0.2) is 24.3 Å². The second-order valence-corrected chi connectivity index (χ2v) is 5.52.